The highest BCUT2D eigenvalue weighted by Gasteiger charge is 2.18. The number of nitrogens with two attached hydrogens (primary N) is 1. The van der Waals surface area contributed by atoms with Gasteiger partial charge in [-0.25, -0.2) is 0 Å². The van der Waals surface area contributed by atoms with E-state index in [2.05, 4.69) is 22.0 Å². The molecule has 112 valence electrons. The van der Waals surface area contributed by atoms with Crippen LogP contribution in [0.25, 0.3) is 0 Å². The molecule has 1 aliphatic rings. The van der Waals surface area contributed by atoms with Gasteiger partial charge in [-0.05, 0) is 72.3 Å². The molecular formula is C16H24BrNO2. The Labute approximate surface area is 130 Å². The highest BCUT2D eigenvalue weighted by molar-refractivity contribution is 9.10. The quantitative estimate of drug-likeness (QED) is 0.821. The molecule has 0 saturated heterocycles. The van der Waals surface area contributed by atoms with Crippen molar-refractivity contribution in [1.29, 1.82) is 0 Å². The largest absolute Gasteiger partial charge is 0.493 e. The van der Waals surface area contributed by atoms with Gasteiger partial charge in [0.25, 0.3) is 0 Å². The fourth-order valence-electron chi connectivity index (χ4n) is 2.73. The average Bonchev–Trinajstić information content (AvgIpc) is 2.70. The predicted octanol–water partition coefficient (Wildman–Crippen LogP) is 4.06. The molecule has 3 nitrogen and oxygen atoms in total. The minimum atomic E-state index is 0.308. The second kappa shape index (κ2) is 7.89. The zero-order valence-electron chi connectivity index (χ0n) is 12.2. The number of halogens is 1. The van der Waals surface area contributed by atoms with Crippen LogP contribution in [0.4, 0.5) is 0 Å². The molecule has 0 aromatic heterocycles. The van der Waals surface area contributed by atoms with E-state index in [0.29, 0.717) is 12.6 Å². The van der Waals surface area contributed by atoms with E-state index in [1.807, 2.05) is 6.07 Å². The molecule has 2 rings (SSSR count). The molecule has 0 atom stereocenters. The van der Waals surface area contributed by atoms with Crippen molar-refractivity contribution in [3.63, 3.8) is 0 Å². The van der Waals surface area contributed by atoms with E-state index in [1.54, 1.807) is 7.11 Å². The summed E-state index contributed by atoms with van der Waals surface area (Å²) >= 11 is 3.61. The van der Waals surface area contributed by atoms with Crippen LogP contribution < -0.4 is 15.2 Å². The zero-order valence-corrected chi connectivity index (χ0v) is 13.7. The molecule has 4 heteroatoms. The summed E-state index contributed by atoms with van der Waals surface area (Å²) in [7, 11) is 1.69. The van der Waals surface area contributed by atoms with Gasteiger partial charge in [0.1, 0.15) is 0 Å². The Balaban J connectivity index is 2.16. The van der Waals surface area contributed by atoms with Gasteiger partial charge in [0, 0.05) is 0 Å². The number of methoxy groups -OCH3 is 1. The summed E-state index contributed by atoms with van der Waals surface area (Å²) in [4.78, 5) is 0. The van der Waals surface area contributed by atoms with Crippen LogP contribution in [0.1, 0.15) is 44.1 Å². The molecule has 0 heterocycles. The molecule has 1 aliphatic carbocycles. The van der Waals surface area contributed by atoms with Gasteiger partial charge in [0.2, 0.25) is 0 Å². The molecular weight excluding hydrogens is 318 g/mol. The summed E-state index contributed by atoms with van der Waals surface area (Å²) in [6.07, 6.45) is 8.61. The van der Waals surface area contributed by atoms with Gasteiger partial charge in [0.15, 0.2) is 11.5 Å². The molecule has 0 bridgehead atoms. The van der Waals surface area contributed by atoms with Crippen LogP contribution in [0.2, 0.25) is 0 Å². The highest BCUT2D eigenvalue weighted by Crippen LogP contribution is 2.38. The van der Waals surface area contributed by atoms with Gasteiger partial charge in [-0.3, -0.25) is 0 Å². The van der Waals surface area contributed by atoms with Crippen molar-refractivity contribution in [2.24, 2.45) is 5.73 Å². The van der Waals surface area contributed by atoms with E-state index in [9.17, 15) is 0 Å². The van der Waals surface area contributed by atoms with Crippen molar-refractivity contribution >= 4 is 15.9 Å². The van der Waals surface area contributed by atoms with Crippen molar-refractivity contribution in [2.45, 2.75) is 51.0 Å². The monoisotopic (exact) mass is 341 g/mol. The van der Waals surface area contributed by atoms with E-state index >= 15 is 0 Å². The van der Waals surface area contributed by atoms with Crippen LogP contribution in [0.3, 0.4) is 0 Å². The summed E-state index contributed by atoms with van der Waals surface area (Å²) in [5, 5.41) is 0. The van der Waals surface area contributed by atoms with E-state index in [1.165, 1.54) is 31.2 Å². The van der Waals surface area contributed by atoms with Gasteiger partial charge in [-0.15, -0.1) is 0 Å². The molecule has 2 N–H and O–H groups in total. The van der Waals surface area contributed by atoms with Gasteiger partial charge < -0.3 is 15.2 Å². The van der Waals surface area contributed by atoms with Crippen LogP contribution in [-0.4, -0.2) is 19.8 Å². The Morgan fingerprint density at radius 1 is 1.20 bits per heavy atom. The third-order valence-electron chi connectivity index (χ3n) is 3.81. The summed E-state index contributed by atoms with van der Waals surface area (Å²) in [6, 6.07) is 4.12. The Bertz CT molecular complexity index is 429. The maximum absolute atomic E-state index is 6.22. The lowest BCUT2D eigenvalue weighted by Gasteiger charge is -2.20. The minimum Gasteiger partial charge on any atom is -0.493 e. The highest BCUT2D eigenvalue weighted by atomic mass is 79.9. The number of rotatable bonds is 5. The molecule has 20 heavy (non-hydrogen) atoms. The van der Waals surface area contributed by atoms with Crippen LogP contribution in [0.15, 0.2) is 16.6 Å². The van der Waals surface area contributed by atoms with E-state index in [-0.39, 0.29) is 0 Å². The van der Waals surface area contributed by atoms with Gasteiger partial charge in [-0.2, -0.15) is 0 Å². The third-order valence-corrected chi connectivity index (χ3v) is 4.40. The Morgan fingerprint density at radius 2 is 1.90 bits per heavy atom. The Morgan fingerprint density at radius 3 is 2.50 bits per heavy atom. The number of hydrogen-bond acceptors (Lipinski definition) is 3. The second-order valence-corrected chi connectivity index (χ2v) is 6.23. The molecule has 1 aromatic rings. The van der Waals surface area contributed by atoms with E-state index in [0.717, 1.165) is 35.2 Å². The minimum absolute atomic E-state index is 0.308. The first-order chi connectivity index (χ1) is 9.74. The van der Waals surface area contributed by atoms with E-state index in [4.69, 9.17) is 15.2 Å². The third kappa shape index (κ3) is 4.13. The fourth-order valence-corrected chi connectivity index (χ4v) is 3.31. The molecule has 1 saturated carbocycles. The molecule has 0 amide bonds. The summed E-state index contributed by atoms with van der Waals surface area (Å²) < 4.78 is 12.7. The van der Waals surface area contributed by atoms with Gasteiger partial charge >= 0.3 is 0 Å². The van der Waals surface area contributed by atoms with Crippen LogP contribution in [0.5, 0.6) is 11.5 Å². The lowest BCUT2D eigenvalue weighted by Crippen LogP contribution is -2.16. The van der Waals surface area contributed by atoms with Crippen molar-refractivity contribution in [2.75, 3.05) is 13.7 Å². The first-order valence-corrected chi connectivity index (χ1v) is 8.27. The van der Waals surface area contributed by atoms with Gasteiger partial charge in [0.05, 0.1) is 17.7 Å². The Kier molecular flexibility index (Phi) is 6.17. The number of hydrogen-bond donors (Lipinski definition) is 1. The van der Waals surface area contributed by atoms with Crippen LogP contribution in [0, 0.1) is 0 Å². The zero-order chi connectivity index (χ0) is 14.4. The lowest BCUT2D eigenvalue weighted by atomic mass is 10.1. The van der Waals surface area contributed by atoms with Crippen molar-refractivity contribution in [1.82, 2.24) is 0 Å². The molecule has 1 aromatic carbocycles. The SMILES string of the molecule is COc1cc(CCN)cc(Br)c1OC1CCCCCC1. The molecule has 0 unspecified atom stereocenters. The van der Waals surface area contributed by atoms with Crippen molar-refractivity contribution in [3.8, 4) is 11.5 Å². The normalized spacial score (nSPS) is 16.8. The van der Waals surface area contributed by atoms with E-state index < -0.39 is 0 Å². The van der Waals surface area contributed by atoms with Crippen LogP contribution >= 0.6 is 15.9 Å². The maximum atomic E-state index is 6.22. The number of benzene rings is 1. The molecule has 0 aliphatic heterocycles. The summed E-state index contributed by atoms with van der Waals surface area (Å²) in [5.74, 6) is 1.63. The van der Waals surface area contributed by atoms with Gasteiger partial charge in [-0.1, -0.05) is 12.8 Å². The number of ether oxygens (including phenoxy) is 2. The first kappa shape index (κ1) is 15.6. The second-order valence-electron chi connectivity index (χ2n) is 5.38. The topological polar surface area (TPSA) is 44.5 Å². The fraction of sp³-hybridized carbons (Fsp3) is 0.625. The average molecular weight is 342 g/mol. The standard InChI is InChI=1S/C16H24BrNO2/c1-19-15-11-12(8-9-18)10-14(17)16(15)20-13-6-4-2-3-5-7-13/h10-11,13H,2-9,18H2,1H3. The van der Waals surface area contributed by atoms with Crippen LogP contribution in [-0.2, 0) is 6.42 Å². The summed E-state index contributed by atoms with van der Waals surface area (Å²) in [6.45, 7) is 0.637. The maximum Gasteiger partial charge on any atom is 0.175 e. The summed E-state index contributed by atoms with van der Waals surface area (Å²) in [5.41, 5.74) is 6.79. The van der Waals surface area contributed by atoms with Crippen molar-refractivity contribution in [3.05, 3.63) is 22.2 Å². The smallest absolute Gasteiger partial charge is 0.175 e. The molecule has 1 fully saturated rings. The Hall–Kier alpha value is -0.740. The molecule has 0 radical (unpaired) electrons. The van der Waals surface area contributed by atoms with Crippen molar-refractivity contribution < 1.29 is 9.47 Å². The predicted molar refractivity (Wildman–Crippen MR) is 85.6 cm³/mol. The lowest BCUT2D eigenvalue weighted by molar-refractivity contribution is 0.175. The first-order valence-electron chi connectivity index (χ1n) is 7.47. The molecule has 0 spiro atoms.